The molecule has 0 spiro atoms. The van der Waals surface area contributed by atoms with Crippen LogP contribution in [0.1, 0.15) is 0 Å². The Morgan fingerprint density at radius 2 is 1.24 bits per heavy atom. The van der Waals surface area contributed by atoms with E-state index < -0.39 is 0 Å². The predicted molar refractivity (Wildman–Crippen MR) is 90.7 cm³/mol. The third kappa shape index (κ3) is 5.03. The Morgan fingerprint density at radius 1 is 0.714 bits per heavy atom. The summed E-state index contributed by atoms with van der Waals surface area (Å²) in [4.78, 5) is 2.15. The monoisotopic (exact) mass is 321 g/mol. The molecule has 0 saturated heterocycles. The first-order chi connectivity index (χ1) is 10.3. The third-order valence-electron chi connectivity index (χ3n) is 2.96. The van der Waals surface area contributed by atoms with E-state index in [1.54, 1.807) is 0 Å². The number of rotatable bonds is 7. The Labute approximate surface area is 135 Å². The van der Waals surface area contributed by atoms with Crippen molar-refractivity contribution >= 4 is 40.3 Å². The first kappa shape index (κ1) is 15.8. The fourth-order valence-corrected chi connectivity index (χ4v) is 2.32. The van der Waals surface area contributed by atoms with Crippen molar-refractivity contribution in [2.45, 2.75) is 0 Å². The highest BCUT2D eigenvalue weighted by atomic mass is 35.5. The number of benzene rings is 2. The van der Waals surface area contributed by atoms with Gasteiger partial charge in [0, 0.05) is 30.5 Å². The second-order valence-electron chi connectivity index (χ2n) is 4.42. The van der Waals surface area contributed by atoms with Crippen LogP contribution in [0.15, 0.2) is 64.8 Å². The summed E-state index contributed by atoms with van der Waals surface area (Å²) in [6.07, 6.45) is 0. The molecule has 2 rings (SSSR count). The van der Waals surface area contributed by atoms with Crippen molar-refractivity contribution in [2.24, 2.45) is 10.2 Å². The summed E-state index contributed by atoms with van der Waals surface area (Å²) in [7, 11) is 0. The van der Waals surface area contributed by atoms with Crippen molar-refractivity contribution in [3.8, 4) is 0 Å². The molecule has 0 N–H and O–H groups in total. The largest absolute Gasteiger partial charge is 0.369 e. The molecule has 0 amide bonds. The number of azo groups is 1. The minimum absolute atomic E-state index is 0.576. The Balaban J connectivity index is 2.06. The summed E-state index contributed by atoms with van der Waals surface area (Å²) in [6.45, 7) is 1.55. The molecular formula is C16H17Cl2N3. The van der Waals surface area contributed by atoms with Gasteiger partial charge in [-0.15, -0.1) is 23.2 Å². The highest BCUT2D eigenvalue weighted by Crippen LogP contribution is 2.22. The molecule has 5 heteroatoms. The topological polar surface area (TPSA) is 28.0 Å². The van der Waals surface area contributed by atoms with E-state index in [-0.39, 0.29) is 0 Å². The number of nitrogens with zero attached hydrogens (tertiary/aromatic N) is 3. The zero-order valence-corrected chi connectivity index (χ0v) is 13.1. The maximum absolute atomic E-state index is 5.81. The van der Waals surface area contributed by atoms with E-state index in [2.05, 4.69) is 15.1 Å². The molecule has 0 aromatic heterocycles. The molecule has 0 unspecified atom stereocenters. The summed E-state index contributed by atoms with van der Waals surface area (Å²) in [5.41, 5.74) is 2.75. The van der Waals surface area contributed by atoms with Gasteiger partial charge < -0.3 is 4.90 Å². The van der Waals surface area contributed by atoms with Crippen LogP contribution in [-0.4, -0.2) is 24.8 Å². The SMILES string of the molecule is ClCCN(CCCl)c1ccc(N=Nc2ccccc2)cc1. The van der Waals surface area contributed by atoms with Gasteiger partial charge in [-0.2, -0.15) is 10.2 Å². The zero-order valence-electron chi connectivity index (χ0n) is 11.6. The molecule has 3 nitrogen and oxygen atoms in total. The van der Waals surface area contributed by atoms with Crippen molar-refractivity contribution in [3.63, 3.8) is 0 Å². The van der Waals surface area contributed by atoms with Crippen LogP contribution in [0.4, 0.5) is 17.1 Å². The van der Waals surface area contributed by atoms with Crippen molar-refractivity contribution in [1.29, 1.82) is 0 Å². The van der Waals surface area contributed by atoms with Crippen LogP contribution in [0.3, 0.4) is 0 Å². The zero-order chi connectivity index (χ0) is 14.9. The fourth-order valence-electron chi connectivity index (χ4n) is 1.91. The molecule has 0 atom stereocenters. The van der Waals surface area contributed by atoms with E-state index in [0.717, 1.165) is 30.2 Å². The standard InChI is InChI=1S/C16H17Cl2N3/c17-10-12-21(13-11-18)16-8-6-15(7-9-16)20-19-14-4-2-1-3-5-14/h1-9H,10-13H2. The van der Waals surface area contributed by atoms with Crippen molar-refractivity contribution in [3.05, 3.63) is 54.6 Å². The van der Waals surface area contributed by atoms with Gasteiger partial charge in [0.2, 0.25) is 0 Å². The second kappa shape index (κ2) is 8.65. The predicted octanol–water partition coefficient (Wildman–Crippen LogP) is 5.39. The van der Waals surface area contributed by atoms with Crippen LogP contribution < -0.4 is 4.90 Å². The fraction of sp³-hybridized carbons (Fsp3) is 0.250. The Bertz CT molecular complexity index is 549. The van der Waals surface area contributed by atoms with Crippen LogP contribution in [0, 0.1) is 0 Å². The van der Waals surface area contributed by atoms with Gasteiger partial charge >= 0.3 is 0 Å². The molecule has 0 saturated carbocycles. The number of halogens is 2. The van der Waals surface area contributed by atoms with E-state index in [9.17, 15) is 0 Å². The summed E-state index contributed by atoms with van der Waals surface area (Å²) in [5.74, 6) is 1.15. The van der Waals surface area contributed by atoms with E-state index in [0.29, 0.717) is 11.8 Å². The smallest absolute Gasteiger partial charge is 0.0858 e. The summed E-state index contributed by atoms with van der Waals surface area (Å²) >= 11 is 11.6. The van der Waals surface area contributed by atoms with Crippen LogP contribution in [-0.2, 0) is 0 Å². The maximum atomic E-state index is 5.81. The second-order valence-corrected chi connectivity index (χ2v) is 5.17. The lowest BCUT2D eigenvalue weighted by molar-refractivity contribution is 0.874. The highest BCUT2D eigenvalue weighted by molar-refractivity contribution is 6.18. The molecule has 0 fully saturated rings. The van der Waals surface area contributed by atoms with E-state index >= 15 is 0 Å². The summed E-state index contributed by atoms with van der Waals surface area (Å²) in [5, 5.41) is 8.42. The quantitative estimate of drug-likeness (QED) is 0.496. The van der Waals surface area contributed by atoms with Crippen LogP contribution in [0.2, 0.25) is 0 Å². The molecule has 0 radical (unpaired) electrons. The summed E-state index contributed by atoms with van der Waals surface area (Å²) in [6, 6.07) is 17.6. The number of alkyl halides is 2. The van der Waals surface area contributed by atoms with Gasteiger partial charge in [0.25, 0.3) is 0 Å². The molecule has 0 heterocycles. The van der Waals surface area contributed by atoms with Gasteiger partial charge in [-0.05, 0) is 36.4 Å². The maximum Gasteiger partial charge on any atom is 0.0858 e. The van der Waals surface area contributed by atoms with Crippen molar-refractivity contribution in [2.75, 3.05) is 29.7 Å². The number of anilines is 1. The van der Waals surface area contributed by atoms with Gasteiger partial charge in [-0.1, -0.05) is 18.2 Å². The molecule has 2 aromatic carbocycles. The van der Waals surface area contributed by atoms with Gasteiger partial charge in [-0.3, -0.25) is 0 Å². The van der Waals surface area contributed by atoms with Gasteiger partial charge in [0.05, 0.1) is 11.4 Å². The lowest BCUT2D eigenvalue weighted by Crippen LogP contribution is -2.27. The molecule has 0 aliphatic carbocycles. The molecular weight excluding hydrogens is 305 g/mol. The van der Waals surface area contributed by atoms with Crippen LogP contribution in [0.5, 0.6) is 0 Å². The number of hydrogen-bond acceptors (Lipinski definition) is 3. The first-order valence-electron chi connectivity index (χ1n) is 6.77. The average molecular weight is 322 g/mol. The lowest BCUT2D eigenvalue weighted by Gasteiger charge is -2.22. The van der Waals surface area contributed by atoms with Gasteiger partial charge in [0.15, 0.2) is 0 Å². The highest BCUT2D eigenvalue weighted by Gasteiger charge is 2.04. The minimum atomic E-state index is 0.576. The molecule has 0 bridgehead atoms. The van der Waals surface area contributed by atoms with E-state index in [1.165, 1.54) is 0 Å². The van der Waals surface area contributed by atoms with Gasteiger partial charge in [-0.25, -0.2) is 0 Å². The number of hydrogen-bond donors (Lipinski definition) is 0. The summed E-state index contributed by atoms with van der Waals surface area (Å²) < 4.78 is 0. The Hall–Kier alpha value is -1.58. The van der Waals surface area contributed by atoms with Gasteiger partial charge in [0.1, 0.15) is 0 Å². The molecule has 0 aliphatic heterocycles. The van der Waals surface area contributed by atoms with E-state index in [4.69, 9.17) is 23.2 Å². The van der Waals surface area contributed by atoms with Crippen molar-refractivity contribution in [1.82, 2.24) is 0 Å². The average Bonchev–Trinajstić information content (AvgIpc) is 2.54. The lowest BCUT2D eigenvalue weighted by atomic mass is 10.2. The molecule has 21 heavy (non-hydrogen) atoms. The molecule has 0 aliphatic rings. The molecule has 2 aromatic rings. The molecule has 110 valence electrons. The Kier molecular flexibility index (Phi) is 6.51. The van der Waals surface area contributed by atoms with Crippen molar-refractivity contribution < 1.29 is 0 Å². The van der Waals surface area contributed by atoms with E-state index in [1.807, 2.05) is 54.6 Å². The first-order valence-corrected chi connectivity index (χ1v) is 7.84. The minimum Gasteiger partial charge on any atom is -0.369 e. The normalized spacial score (nSPS) is 11.0. The van der Waals surface area contributed by atoms with Crippen LogP contribution in [0.25, 0.3) is 0 Å². The Morgan fingerprint density at radius 3 is 1.76 bits per heavy atom. The third-order valence-corrected chi connectivity index (χ3v) is 3.30. The van der Waals surface area contributed by atoms with Crippen LogP contribution >= 0.6 is 23.2 Å².